The van der Waals surface area contributed by atoms with Crippen molar-refractivity contribution in [2.45, 2.75) is 13.0 Å². The maximum absolute atomic E-state index is 11.7. The summed E-state index contributed by atoms with van der Waals surface area (Å²) in [5.74, 6) is 0. The molecule has 0 aliphatic heterocycles. The van der Waals surface area contributed by atoms with Gasteiger partial charge in [0.15, 0.2) is 0 Å². The lowest BCUT2D eigenvalue weighted by Gasteiger charge is -2.17. The minimum absolute atomic E-state index is 0.276. The zero-order valence-electron chi connectivity index (χ0n) is 9.78. The number of hydrogen-bond acceptors (Lipinski definition) is 5. The maximum Gasteiger partial charge on any atom is 0.279 e. The number of nitrogens with two attached hydrogens (primary N) is 1. The summed E-state index contributed by atoms with van der Waals surface area (Å²) in [6, 6.07) is 0. The van der Waals surface area contributed by atoms with Gasteiger partial charge in [-0.1, -0.05) is 5.21 Å². The molecule has 1 aromatic heterocycles. The highest BCUT2D eigenvalue weighted by atomic mass is 32.2. The van der Waals surface area contributed by atoms with Crippen LogP contribution in [0.25, 0.3) is 0 Å². The van der Waals surface area contributed by atoms with E-state index in [1.54, 1.807) is 17.1 Å². The van der Waals surface area contributed by atoms with Crippen LogP contribution < -0.4 is 10.5 Å². The molecule has 9 heteroatoms. The first kappa shape index (κ1) is 14.0. The Hall–Kier alpha value is -1.03. The van der Waals surface area contributed by atoms with E-state index in [2.05, 4.69) is 15.0 Å². The van der Waals surface area contributed by atoms with Crippen molar-refractivity contribution in [1.29, 1.82) is 0 Å². The summed E-state index contributed by atoms with van der Waals surface area (Å²) < 4.78 is 28.7. The van der Waals surface area contributed by atoms with Gasteiger partial charge < -0.3 is 5.73 Å². The largest absolute Gasteiger partial charge is 0.330 e. The van der Waals surface area contributed by atoms with Gasteiger partial charge in [-0.25, -0.2) is 4.72 Å². The molecule has 0 aliphatic carbocycles. The van der Waals surface area contributed by atoms with Crippen molar-refractivity contribution in [3.05, 3.63) is 12.4 Å². The van der Waals surface area contributed by atoms with Gasteiger partial charge in [-0.15, -0.1) is 5.10 Å². The highest BCUT2D eigenvalue weighted by molar-refractivity contribution is 7.87. The summed E-state index contributed by atoms with van der Waals surface area (Å²) in [5.41, 5.74) is 5.32. The van der Waals surface area contributed by atoms with E-state index in [1.165, 1.54) is 11.4 Å². The van der Waals surface area contributed by atoms with Crippen molar-refractivity contribution in [2.75, 3.05) is 26.7 Å². The van der Waals surface area contributed by atoms with Crippen LogP contribution in [0, 0.1) is 0 Å². The molecular weight excluding hydrogens is 244 g/mol. The van der Waals surface area contributed by atoms with Gasteiger partial charge in [0, 0.05) is 26.3 Å². The third-order valence-corrected chi connectivity index (χ3v) is 3.76. The molecule has 17 heavy (non-hydrogen) atoms. The van der Waals surface area contributed by atoms with Crippen molar-refractivity contribution in [2.24, 2.45) is 5.73 Å². The molecule has 0 saturated heterocycles. The van der Waals surface area contributed by atoms with E-state index in [-0.39, 0.29) is 6.54 Å². The van der Waals surface area contributed by atoms with Crippen LogP contribution >= 0.6 is 0 Å². The fourth-order valence-corrected chi connectivity index (χ4v) is 2.12. The standard InChI is InChI=1S/C8H18N6O2S/c1-13(6-2-3-9)17(15,16)11-5-8-14-7-4-10-12-14/h4,7,11H,2-3,5-6,8-9H2,1H3. The average molecular weight is 262 g/mol. The molecule has 1 heterocycles. The Balaban J connectivity index is 2.33. The molecule has 1 rings (SSSR count). The van der Waals surface area contributed by atoms with Crippen LogP contribution in [0.3, 0.4) is 0 Å². The van der Waals surface area contributed by atoms with Crippen LogP contribution in [0.4, 0.5) is 0 Å². The van der Waals surface area contributed by atoms with Crippen molar-refractivity contribution in [1.82, 2.24) is 24.0 Å². The first-order valence-corrected chi connectivity index (χ1v) is 6.75. The summed E-state index contributed by atoms with van der Waals surface area (Å²) in [7, 11) is -1.90. The monoisotopic (exact) mass is 262 g/mol. The van der Waals surface area contributed by atoms with E-state index in [1.807, 2.05) is 0 Å². The topological polar surface area (TPSA) is 106 Å². The molecule has 3 N–H and O–H groups in total. The lowest BCUT2D eigenvalue weighted by atomic mass is 10.4. The molecule has 0 unspecified atom stereocenters. The Morgan fingerprint density at radius 3 is 2.88 bits per heavy atom. The molecule has 0 atom stereocenters. The normalized spacial score (nSPS) is 12.2. The van der Waals surface area contributed by atoms with Gasteiger partial charge >= 0.3 is 0 Å². The molecule has 1 aromatic rings. The van der Waals surface area contributed by atoms with Gasteiger partial charge in [0.05, 0.1) is 12.7 Å². The highest BCUT2D eigenvalue weighted by Gasteiger charge is 2.15. The van der Waals surface area contributed by atoms with Crippen molar-refractivity contribution < 1.29 is 8.42 Å². The number of nitrogens with one attached hydrogen (secondary N) is 1. The predicted molar refractivity (Wildman–Crippen MR) is 63.2 cm³/mol. The zero-order chi connectivity index (χ0) is 12.7. The molecule has 0 fully saturated rings. The van der Waals surface area contributed by atoms with Gasteiger partial charge in [0.25, 0.3) is 10.2 Å². The molecule has 0 bridgehead atoms. The molecule has 0 radical (unpaired) electrons. The van der Waals surface area contributed by atoms with Gasteiger partial charge in [-0.2, -0.15) is 12.7 Å². The Bertz CT molecular complexity index is 404. The first-order valence-electron chi connectivity index (χ1n) is 5.31. The third kappa shape index (κ3) is 4.77. The van der Waals surface area contributed by atoms with E-state index in [4.69, 9.17) is 5.73 Å². The van der Waals surface area contributed by atoms with E-state index in [9.17, 15) is 8.42 Å². The Labute approximate surface area is 101 Å². The fraction of sp³-hybridized carbons (Fsp3) is 0.750. The molecule has 0 aliphatic rings. The second kappa shape index (κ2) is 6.64. The van der Waals surface area contributed by atoms with Crippen LogP contribution in [0.15, 0.2) is 12.4 Å². The minimum atomic E-state index is -3.42. The van der Waals surface area contributed by atoms with Crippen molar-refractivity contribution >= 4 is 10.2 Å². The average Bonchev–Trinajstić information content (AvgIpc) is 2.78. The highest BCUT2D eigenvalue weighted by Crippen LogP contribution is 1.94. The predicted octanol–water partition coefficient (Wildman–Crippen LogP) is -1.61. The van der Waals surface area contributed by atoms with Crippen molar-refractivity contribution in [3.8, 4) is 0 Å². The van der Waals surface area contributed by atoms with Gasteiger partial charge in [-0.05, 0) is 13.0 Å². The van der Waals surface area contributed by atoms with Gasteiger partial charge in [-0.3, -0.25) is 4.68 Å². The summed E-state index contributed by atoms with van der Waals surface area (Å²) in [5, 5.41) is 7.36. The van der Waals surface area contributed by atoms with Gasteiger partial charge in [0.1, 0.15) is 0 Å². The molecule has 98 valence electrons. The van der Waals surface area contributed by atoms with Crippen molar-refractivity contribution in [3.63, 3.8) is 0 Å². The summed E-state index contributed by atoms with van der Waals surface area (Å²) >= 11 is 0. The lowest BCUT2D eigenvalue weighted by Crippen LogP contribution is -2.40. The van der Waals surface area contributed by atoms with E-state index < -0.39 is 10.2 Å². The van der Waals surface area contributed by atoms with Crippen LogP contribution in [0.2, 0.25) is 0 Å². The number of rotatable bonds is 8. The van der Waals surface area contributed by atoms with E-state index >= 15 is 0 Å². The summed E-state index contributed by atoms with van der Waals surface area (Å²) in [4.78, 5) is 0. The second-order valence-electron chi connectivity index (χ2n) is 3.53. The summed E-state index contributed by atoms with van der Waals surface area (Å²) in [6.07, 6.45) is 3.86. The number of hydrogen-bond donors (Lipinski definition) is 2. The Morgan fingerprint density at radius 1 is 1.53 bits per heavy atom. The van der Waals surface area contributed by atoms with Crippen LogP contribution in [-0.4, -0.2) is 54.4 Å². The quantitative estimate of drug-likeness (QED) is 0.586. The van der Waals surface area contributed by atoms with Crippen LogP contribution in [0.5, 0.6) is 0 Å². The third-order valence-electron chi connectivity index (χ3n) is 2.18. The molecule has 8 nitrogen and oxygen atoms in total. The van der Waals surface area contributed by atoms with Crippen LogP contribution in [0.1, 0.15) is 6.42 Å². The smallest absolute Gasteiger partial charge is 0.279 e. The molecule has 0 amide bonds. The fourth-order valence-electron chi connectivity index (χ4n) is 1.19. The molecule has 0 aromatic carbocycles. The second-order valence-corrected chi connectivity index (χ2v) is 5.39. The summed E-state index contributed by atoms with van der Waals surface area (Å²) in [6.45, 7) is 1.61. The molecule has 0 spiro atoms. The first-order chi connectivity index (χ1) is 8.06. The molecule has 0 saturated carbocycles. The van der Waals surface area contributed by atoms with E-state index in [0.29, 0.717) is 26.1 Å². The minimum Gasteiger partial charge on any atom is -0.330 e. The van der Waals surface area contributed by atoms with Crippen LogP contribution in [-0.2, 0) is 16.8 Å². The molecular formula is C8H18N6O2S. The number of nitrogens with zero attached hydrogens (tertiary/aromatic N) is 4. The zero-order valence-corrected chi connectivity index (χ0v) is 10.6. The lowest BCUT2D eigenvalue weighted by molar-refractivity contribution is 0.448. The number of aromatic nitrogens is 3. The SMILES string of the molecule is CN(CCCN)S(=O)(=O)NCCn1ccnn1. The Morgan fingerprint density at radius 2 is 2.29 bits per heavy atom. The van der Waals surface area contributed by atoms with Gasteiger partial charge in [0.2, 0.25) is 0 Å². The maximum atomic E-state index is 11.7. The van der Waals surface area contributed by atoms with E-state index in [0.717, 1.165) is 0 Å². The Kier molecular flexibility index (Phi) is 5.48.